The molecule has 0 atom stereocenters. The number of aryl methyl sites for hydroxylation is 3. The molecule has 0 aliphatic heterocycles. The van der Waals surface area contributed by atoms with Crippen LogP contribution in [0.5, 0.6) is 0 Å². The lowest BCUT2D eigenvalue weighted by Crippen LogP contribution is -2.31. The first kappa shape index (κ1) is 11.7. The molecule has 88 valence electrons. The van der Waals surface area contributed by atoms with Crippen LogP contribution < -0.4 is 4.57 Å². The summed E-state index contributed by atoms with van der Waals surface area (Å²) < 4.78 is 28.7. The van der Waals surface area contributed by atoms with Gasteiger partial charge in [-0.2, -0.15) is 0 Å². The molecule has 0 radical (unpaired) electrons. The first-order valence-corrected chi connectivity index (χ1v) is 5.41. The van der Waals surface area contributed by atoms with Gasteiger partial charge in [0, 0.05) is 18.2 Å². The van der Waals surface area contributed by atoms with E-state index in [9.17, 15) is 8.78 Å². The largest absolute Gasteiger partial charge is 0.215 e. The van der Waals surface area contributed by atoms with Crippen molar-refractivity contribution < 1.29 is 13.3 Å². The number of hydrogen-bond donors (Lipinski definition) is 0. The number of pyridine rings is 1. The molecule has 0 amide bonds. The molecule has 0 unspecified atom stereocenters. The van der Waals surface area contributed by atoms with Crippen molar-refractivity contribution in [3.8, 4) is 11.3 Å². The highest BCUT2D eigenvalue weighted by Gasteiger charge is 2.18. The van der Waals surface area contributed by atoms with Crippen molar-refractivity contribution in [2.24, 2.45) is 7.05 Å². The molecule has 17 heavy (non-hydrogen) atoms. The Morgan fingerprint density at radius 1 is 1.06 bits per heavy atom. The Balaban J connectivity index is 2.72. The van der Waals surface area contributed by atoms with Gasteiger partial charge in [-0.1, -0.05) is 0 Å². The number of halogens is 2. The Hall–Kier alpha value is -1.77. The fourth-order valence-electron chi connectivity index (χ4n) is 1.95. The van der Waals surface area contributed by atoms with Gasteiger partial charge in [0.25, 0.3) is 0 Å². The predicted octanol–water partition coefficient (Wildman–Crippen LogP) is 3.07. The summed E-state index contributed by atoms with van der Waals surface area (Å²) in [5, 5.41) is 0. The van der Waals surface area contributed by atoms with E-state index in [-0.39, 0.29) is 0 Å². The third-order valence-electron chi connectivity index (χ3n) is 2.81. The lowest BCUT2D eigenvalue weighted by molar-refractivity contribution is -0.660. The molecule has 0 fully saturated rings. The minimum atomic E-state index is -0.543. The molecule has 0 aliphatic carbocycles. The number of benzene rings is 1. The van der Waals surface area contributed by atoms with Gasteiger partial charge in [-0.05, 0) is 31.0 Å². The van der Waals surface area contributed by atoms with Crippen molar-refractivity contribution in [1.29, 1.82) is 0 Å². The average molecular weight is 234 g/mol. The van der Waals surface area contributed by atoms with Gasteiger partial charge in [0.15, 0.2) is 6.20 Å². The van der Waals surface area contributed by atoms with Crippen molar-refractivity contribution in [3.63, 3.8) is 0 Å². The van der Waals surface area contributed by atoms with Crippen LogP contribution in [0.4, 0.5) is 8.78 Å². The van der Waals surface area contributed by atoms with Gasteiger partial charge in [0.1, 0.15) is 18.7 Å². The van der Waals surface area contributed by atoms with Crippen LogP contribution in [-0.4, -0.2) is 0 Å². The molecule has 0 aliphatic rings. The zero-order valence-corrected chi connectivity index (χ0v) is 10.1. The Bertz CT molecular complexity index is 553. The summed E-state index contributed by atoms with van der Waals surface area (Å²) in [6.07, 6.45) is 1.87. The maximum absolute atomic E-state index is 13.9. The molecular formula is C14H14F2N+. The normalized spacial score (nSPS) is 10.6. The van der Waals surface area contributed by atoms with Crippen LogP contribution >= 0.6 is 0 Å². The summed E-state index contributed by atoms with van der Waals surface area (Å²) in [5.74, 6) is -1.07. The van der Waals surface area contributed by atoms with Crippen molar-refractivity contribution in [3.05, 3.63) is 53.2 Å². The standard InChI is InChI=1S/C14H14F2N/c1-9-4-5-17(3)13(6-9)14-10(2)7-11(15)8-12(14)16/h4-8H,1-3H3/q+1. The highest BCUT2D eigenvalue weighted by Crippen LogP contribution is 2.25. The van der Waals surface area contributed by atoms with Crippen LogP contribution in [0.2, 0.25) is 0 Å². The Kier molecular flexibility index (Phi) is 2.92. The van der Waals surface area contributed by atoms with Crippen molar-refractivity contribution >= 4 is 0 Å². The van der Waals surface area contributed by atoms with Gasteiger partial charge in [-0.3, -0.25) is 0 Å². The SMILES string of the molecule is Cc1cc[n+](C)c(-c2c(C)cc(F)cc2F)c1. The highest BCUT2D eigenvalue weighted by atomic mass is 19.1. The second-order valence-corrected chi connectivity index (χ2v) is 4.28. The van der Waals surface area contributed by atoms with E-state index in [0.29, 0.717) is 11.1 Å². The molecule has 1 nitrogen and oxygen atoms in total. The maximum Gasteiger partial charge on any atom is 0.215 e. The monoisotopic (exact) mass is 234 g/mol. The van der Waals surface area contributed by atoms with Crippen LogP contribution in [0.1, 0.15) is 11.1 Å². The van der Waals surface area contributed by atoms with Crippen molar-refractivity contribution in [1.82, 2.24) is 0 Å². The number of rotatable bonds is 1. The van der Waals surface area contributed by atoms with Gasteiger partial charge in [-0.25, -0.2) is 13.3 Å². The van der Waals surface area contributed by atoms with E-state index in [0.717, 1.165) is 17.3 Å². The van der Waals surface area contributed by atoms with E-state index in [1.54, 1.807) is 6.92 Å². The van der Waals surface area contributed by atoms with E-state index in [1.807, 2.05) is 36.9 Å². The molecule has 0 spiro atoms. The first-order chi connectivity index (χ1) is 7.99. The van der Waals surface area contributed by atoms with Crippen LogP contribution in [0, 0.1) is 25.5 Å². The number of nitrogens with zero attached hydrogens (tertiary/aromatic N) is 1. The van der Waals surface area contributed by atoms with E-state index in [2.05, 4.69) is 0 Å². The summed E-state index contributed by atoms with van der Waals surface area (Å²) in [7, 11) is 1.84. The van der Waals surface area contributed by atoms with Crippen molar-refractivity contribution in [2.45, 2.75) is 13.8 Å². The topological polar surface area (TPSA) is 3.88 Å². The average Bonchev–Trinajstić information content (AvgIpc) is 2.21. The van der Waals surface area contributed by atoms with E-state index in [4.69, 9.17) is 0 Å². The number of aromatic nitrogens is 1. The lowest BCUT2D eigenvalue weighted by atomic mass is 10.0. The molecule has 1 aromatic carbocycles. The van der Waals surface area contributed by atoms with E-state index in [1.165, 1.54) is 6.07 Å². The van der Waals surface area contributed by atoms with E-state index < -0.39 is 11.6 Å². The maximum atomic E-state index is 13.9. The van der Waals surface area contributed by atoms with Crippen molar-refractivity contribution in [2.75, 3.05) is 0 Å². The van der Waals surface area contributed by atoms with E-state index >= 15 is 0 Å². The molecule has 0 N–H and O–H groups in total. The fraction of sp³-hybridized carbons (Fsp3) is 0.214. The number of hydrogen-bond acceptors (Lipinski definition) is 0. The first-order valence-electron chi connectivity index (χ1n) is 5.41. The summed E-state index contributed by atoms with van der Waals surface area (Å²) in [6.45, 7) is 3.66. The molecule has 0 saturated heterocycles. The molecule has 2 rings (SSSR count). The molecule has 0 bridgehead atoms. The second-order valence-electron chi connectivity index (χ2n) is 4.28. The summed E-state index contributed by atoms with van der Waals surface area (Å²) in [4.78, 5) is 0. The third kappa shape index (κ3) is 2.18. The fourth-order valence-corrected chi connectivity index (χ4v) is 1.95. The van der Waals surface area contributed by atoms with Gasteiger partial charge in [0.05, 0.1) is 5.56 Å². The van der Waals surface area contributed by atoms with Gasteiger partial charge in [0.2, 0.25) is 5.69 Å². The summed E-state index contributed by atoms with van der Waals surface area (Å²) >= 11 is 0. The third-order valence-corrected chi connectivity index (χ3v) is 2.81. The molecule has 0 saturated carbocycles. The molecule has 1 heterocycles. The van der Waals surface area contributed by atoms with Crippen LogP contribution in [-0.2, 0) is 7.05 Å². The van der Waals surface area contributed by atoms with Crippen LogP contribution in [0.25, 0.3) is 11.3 Å². The van der Waals surface area contributed by atoms with Crippen LogP contribution in [0.15, 0.2) is 30.5 Å². The smallest absolute Gasteiger partial charge is 0.207 e. The molecular weight excluding hydrogens is 220 g/mol. The highest BCUT2D eigenvalue weighted by molar-refractivity contribution is 5.62. The molecule has 3 heteroatoms. The molecule has 2 aromatic rings. The van der Waals surface area contributed by atoms with Gasteiger partial charge < -0.3 is 0 Å². The molecule has 1 aromatic heterocycles. The quantitative estimate of drug-likeness (QED) is 0.668. The van der Waals surface area contributed by atoms with Gasteiger partial charge >= 0.3 is 0 Å². The zero-order chi connectivity index (χ0) is 12.6. The van der Waals surface area contributed by atoms with Gasteiger partial charge in [-0.15, -0.1) is 0 Å². The summed E-state index contributed by atoms with van der Waals surface area (Å²) in [6, 6.07) is 6.11. The lowest BCUT2D eigenvalue weighted by Gasteiger charge is -2.06. The predicted molar refractivity (Wildman–Crippen MR) is 62.4 cm³/mol. The summed E-state index contributed by atoms with van der Waals surface area (Å²) in [5.41, 5.74) is 2.85. The zero-order valence-electron chi connectivity index (χ0n) is 10.1. The minimum Gasteiger partial charge on any atom is -0.207 e. The second kappa shape index (κ2) is 4.24. The Labute approximate surface area is 99.3 Å². The Morgan fingerprint density at radius 2 is 1.76 bits per heavy atom. The Morgan fingerprint density at radius 3 is 2.41 bits per heavy atom. The van der Waals surface area contributed by atoms with Crippen LogP contribution in [0.3, 0.4) is 0 Å². The minimum absolute atomic E-state index is 0.456.